The SMILES string of the molecule is NNC(c1ccco1)C1CCOC2(CCCC2)C1. The zero-order valence-electron chi connectivity index (χ0n) is 10.7. The minimum absolute atomic E-state index is 0.112. The molecule has 0 radical (unpaired) electrons. The minimum atomic E-state index is 0.112. The lowest BCUT2D eigenvalue weighted by Crippen LogP contribution is -2.43. The van der Waals surface area contributed by atoms with E-state index in [1.807, 2.05) is 12.1 Å². The molecule has 4 nitrogen and oxygen atoms in total. The summed E-state index contributed by atoms with van der Waals surface area (Å²) in [4.78, 5) is 0. The van der Waals surface area contributed by atoms with Gasteiger partial charge in [-0.05, 0) is 43.7 Å². The Balaban J connectivity index is 1.74. The van der Waals surface area contributed by atoms with Gasteiger partial charge >= 0.3 is 0 Å². The van der Waals surface area contributed by atoms with E-state index in [0.29, 0.717) is 5.92 Å². The van der Waals surface area contributed by atoms with Crippen molar-refractivity contribution in [3.63, 3.8) is 0 Å². The fourth-order valence-electron chi connectivity index (χ4n) is 3.64. The average molecular weight is 250 g/mol. The molecule has 0 amide bonds. The highest BCUT2D eigenvalue weighted by molar-refractivity contribution is 5.07. The zero-order valence-corrected chi connectivity index (χ0v) is 10.7. The second-order valence-electron chi connectivity index (χ2n) is 5.65. The summed E-state index contributed by atoms with van der Waals surface area (Å²) in [5.41, 5.74) is 3.06. The monoisotopic (exact) mass is 250 g/mol. The highest BCUT2D eigenvalue weighted by Crippen LogP contribution is 2.45. The Morgan fingerprint density at radius 1 is 1.39 bits per heavy atom. The van der Waals surface area contributed by atoms with E-state index >= 15 is 0 Å². The van der Waals surface area contributed by atoms with Crippen molar-refractivity contribution >= 4 is 0 Å². The molecule has 1 aliphatic heterocycles. The van der Waals surface area contributed by atoms with Crippen LogP contribution in [0.3, 0.4) is 0 Å². The van der Waals surface area contributed by atoms with Gasteiger partial charge in [-0.3, -0.25) is 5.84 Å². The zero-order chi connectivity index (χ0) is 12.4. The lowest BCUT2D eigenvalue weighted by Gasteiger charge is -2.40. The molecule has 1 spiro atoms. The van der Waals surface area contributed by atoms with Crippen LogP contribution in [0.4, 0.5) is 0 Å². The first kappa shape index (κ1) is 12.2. The van der Waals surface area contributed by atoms with E-state index in [1.165, 1.54) is 25.7 Å². The Morgan fingerprint density at radius 2 is 2.22 bits per heavy atom. The molecule has 1 saturated heterocycles. The maximum Gasteiger partial charge on any atom is 0.122 e. The van der Waals surface area contributed by atoms with Gasteiger partial charge in [0.15, 0.2) is 0 Å². The molecule has 2 heterocycles. The Morgan fingerprint density at radius 3 is 2.89 bits per heavy atom. The van der Waals surface area contributed by atoms with Gasteiger partial charge in [0, 0.05) is 6.61 Å². The summed E-state index contributed by atoms with van der Waals surface area (Å²) in [7, 11) is 0. The number of hydrogen-bond donors (Lipinski definition) is 2. The molecule has 2 fully saturated rings. The van der Waals surface area contributed by atoms with Crippen molar-refractivity contribution in [2.45, 2.75) is 50.2 Å². The molecule has 1 aliphatic carbocycles. The molecule has 1 aromatic heterocycles. The summed E-state index contributed by atoms with van der Waals surface area (Å²) in [6, 6.07) is 4.03. The predicted molar refractivity (Wildman–Crippen MR) is 68.6 cm³/mol. The number of rotatable bonds is 3. The van der Waals surface area contributed by atoms with E-state index in [1.54, 1.807) is 6.26 Å². The number of furan rings is 1. The molecule has 0 bridgehead atoms. The molecular weight excluding hydrogens is 228 g/mol. The van der Waals surface area contributed by atoms with Crippen LogP contribution in [0, 0.1) is 5.92 Å². The van der Waals surface area contributed by atoms with Crippen LogP contribution in [-0.2, 0) is 4.74 Å². The Bertz CT molecular complexity index is 371. The van der Waals surface area contributed by atoms with Gasteiger partial charge in [0.2, 0.25) is 0 Å². The second-order valence-corrected chi connectivity index (χ2v) is 5.65. The summed E-state index contributed by atoms with van der Waals surface area (Å²) in [6.07, 6.45) is 8.88. The van der Waals surface area contributed by atoms with E-state index in [-0.39, 0.29) is 11.6 Å². The number of hydrogen-bond acceptors (Lipinski definition) is 4. The maximum atomic E-state index is 6.07. The van der Waals surface area contributed by atoms with Crippen molar-refractivity contribution in [2.75, 3.05) is 6.61 Å². The Labute approximate surface area is 108 Å². The molecule has 3 rings (SSSR count). The smallest absolute Gasteiger partial charge is 0.122 e. The Hall–Kier alpha value is -0.840. The fraction of sp³-hybridized carbons (Fsp3) is 0.714. The van der Waals surface area contributed by atoms with Crippen molar-refractivity contribution in [2.24, 2.45) is 11.8 Å². The third kappa shape index (κ3) is 2.20. The van der Waals surface area contributed by atoms with Crippen LogP contribution in [-0.4, -0.2) is 12.2 Å². The first-order valence-corrected chi connectivity index (χ1v) is 6.96. The summed E-state index contributed by atoms with van der Waals surface area (Å²) in [5.74, 6) is 7.18. The summed E-state index contributed by atoms with van der Waals surface area (Å²) in [5, 5.41) is 0. The molecule has 18 heavy (non-hydrogen) atoms. The molecule has 100 valence electrons. The van der Waals surface area contributed by atoms with E-state index in [2.05, 4.69) is 5.43 Å². The van der Waals surface area contributed by atoms with Crippen molar-refractivity contribution in [1.29, 1.82) is 0 Å². The maximum absolute atomic E-state index is 6.07. The van der Waals surface area contributed by atoms with Gasteiger partial charge in [-0.25, -0.2) is 5.43 Å². The standard InChI is InChI=1S/C14H22N2O2/c15-16-13(12-4-3-8-17-12)11-5-9-18-14(10-11)6-1-2-7-14/h3-4,8,11,13,16H,1-2,5-7,9-10,15H2. The normalized spacial score (nSPS) is 28.6. The average Bonchev–Trinajstić information content (AvgIpc) is 3.03. The van der Waals surface area contributed by atoms with Gasteiger partial charge in [0.05, 0.1) is 17.9 Å². The molecule has 1 saturated carbocycles. The number of hydrazine groups is 1. The van der Waals surface area contributed by atoms with Crippen LogP contribution in [0.25, 0.3) is 0 Å². The van der Waals surface area contributed by atoms with Crippen LogP contribution in [0.5, 0.6) is 0 Å². The van der Waals surface area contributed by atoms with E-state index < -0.39 is 0 Å². The lowest BCUT2D eigenvalue weighted by molar-refractivity contribution is -0.0991. The van der Waals surface area contributed by atoms with E-state index in [0.717, 1.165) is 25.2 Å². The quantitative estimate of drug-likeness (QED) is 0.639. The molecular formula is C14H22N2O2. The van der Waals surface area contributed by atoms with Crippen molar-refractivity contribution in [3.05, 3.63) is 24.2 Å². The molecule has 4 heteroatoms. The first-order valence-electron chi connectivity index (χ1n) is 6.96. The third-order valence-corrected chi connectivity index (χ3v) is 4.55. The van der Waals surface area contributed by atoms with Gasteiger partial charge in [0.25, 0.3) is 0 Å². The van der Waals surface area contributed by atoms with Crippen LogP contribution in [0.15, 0.2) is 22.8 Å². The summed E-state index contributed by atoms with van der Waals surface area (Å²) in [6.45, 7) is 0.851. The van der Waals surface area contributed by atoms with Crippen molar-refractivity contribution in [1.82, 2.24) is 5.43 Å². The summed E-state index contributed by atoms with van der Waals surface area (Å²) < 4.78 is 11.6. The fourth-order valence-corrected chi connectivity index (χ4v) is 3.64. The highest BCUT2D eigenvalue weighted by atomic mass is 16.5. The topological polar surface area (TPSA) is 60.4 Å². The van der Waals surface area contributed by atoms with Gasteiger partial charge < -0.3 is 9.15 Å². The second kappa shape index (κ2) is 5.03. The molecule has 2 atom stereocenters. The number of nitrogens with one attached hydrogen (secondary N) is 1. The van der Waals surface area contributed by atoms with E-state index in [4.69, 9.17) is 15.0 Å². The highest BCUT2D eigenvalue weighted by Gasteiger charge is 2.42. The largest absolute Gasteiger partial charge is 0.468 e. The number of nitrogens with two attached hydrogens (primary N) is 1. The van der Waals surface area contributed by atoms with Crippen LogP contribution in [0.2, 0.25) is 0 Å². The molecule has 2 aliphatic rings. The molecule has 1 aromatic rings. The van der Waals surface area contributed by atoms with Crippen LogP contribution >= 0.6 is 0 Å². The number of ether oxygens (including phenoxy) is 1. The predicted octanol–water partition coefficient (Wildman–Crippen LogP) is 2.52. The van der Waals surface area contributed by atoms with Gasteiger partial charge in [-0.15, -0.1) is 0 Å². The molecule has 2 unspecified atom stereocenters. The Kier molecular flexibility index (Phi) is 3.41. The first-order chi connectivity index (χ1) is 8.83. The lowest BCUT2D eigenvalue weighted by atomic mass is 9.80. The van der Waals surface area contributed by atoms with Gasteiger partial charge in [0.1, 0.15) is 5.76 Å². The minimum Gasteiger partial charge on any atom is -0.468 e. The van der Waals surface area contributed by atoms with Gasteiger partial charge in [-0.2, -0.15) is 0 Å². The summed E-state index contributed by atoms with van der Waals surface area (Å²) >= 11 is 0. The van der Waals surface area contributed by atoms with Crippen LogP contribution < -0.4 is 11.3 Å². The van der Waals surface area contributed by atoms with E-state index in [9.17, 15) is 0 Å². The van der Waals surface area contributed by atoms with Crippen LogP contribution in [0.1, 0.15) is 50.3 Å². The molecule has 3 N–H and O–H groups in total. The van der Waals surface area contributed by atoms with Crippen molar-refractivity contribution in [3.8, 4) is 0 Å². The molecule has 0 aromatic carbocycles. The third-order valence-electron chi connectivity index (χ3n) is 4.55. The van der Waals surface area contributed by atoms with Crippen molar-refractivity contribution < 1.29 is 9.15 Å². The van der Waals surface area contributed by atoms with Gasteiger partial charge in [-0.1, -0.05) is 12.8 Å².